The van der Waals surface area contributed by atoms with Crippen molar-refractivity contribution >= 4 is 0 Å². The lowest BCUT2D eigenvalue weighted by Crippen LogP contribution is -2.40. The van der Waals surface area contributed by atoms with Crippen LogP contribution in [0, 0.1) is 18.8 Å². The third kappa shape index (κ3) is 3.32. The fraction of sp³-hybridized carbons (Fsp3) is 0.667. The summed E-state index contributed by atoms with van der Waals surface area (Å²) in [6.07, 6.45) is -0.0238. The van der Waals surface area contributed by atoms with E-state index < -0.39 is 18.0 Å². The molecule has 1 aromatic heterocycles. The van der Waals surface area contributed by atoms with Crippen molar-refractivity contribution in [2.75, 3.05) is 7.05 Å². The van der Waals surface area contributed by atoms with Gasteiger partial charge in [0.05, 0.1) is 5.92 Å². The molecule has 2 rings (SSSR count). The summed E-state index contributed by atoms with van der Waals surface area (Å²) in [6.45, 7) is 1.87. The van der Waals surface area contributed by atoms with E-state index in [1.165, 1.54) is 0 Å². The van der Waals surface area contributed by atoms with Gasteiger partial charge < -0.3 is 5.32 Å². The number of nitrogens with zero attached hydrogens (tertiary/aromatic N) is 1. The SMILES string of the molecule is CNC(c1ccc(C)nc1)C1CCCCC1C(F)(F)F. The fourth-order valence-corrected chi connectivity index (χ4v) is 3.26. The number of aryl methyl sites for hydroxylation is 1. The molecule has 0 aliphatic heterocycles. The number of hydrogen-bond acceptors (Lipinski definition) is 2. The van der Waals surface area contributed by atoms with Gasteiger partial charge in [-0.25, -0.2) is 0 Å². The van der Waals surface area contributed by atoms with Crippen LogP contribution >= 0.6 is 0 Å². The molecule has 0 amide bonds. The van der Waals surface area contributed by atoms with Gasteiger partial charge in [-0.05, 0) is 44.4 Å². The topological polar surface area (TPSA) is 24.9 Å². The zero-order valence-corrected chi connectivity index (χ0v) is 11.9. The van der Waals surface area contributed by atoms with Crippen LogP contribution in [0.1, 0.15) is 43.0 Å². The van der Waals surface area contributed by atoms with E-state index in [1.807, 2.05) is 19.1 Å². The largest absolute Gasteiger partial charge is 0.392 e. The summed E-state index contributed by atoms with van der Waals surface area (Å²) in [4.78, 5) is 4.21. The van der Waals surface area contributed by atoms with Crippen LogP contribution in [0.2, 0.25) is 0 Å². The van der Waals surface area contributed by atoms with E-state index in [0.29, 0.717) is 12.8 Å². The Hall–Kier alpha value is -1.10. The van der Waals surface area contributed by atoms with Crippen molar-refractivity contribution in [3.63, 3.8) is 0 Å². The normalized spacial score (nSPS) is 25.4. The average molecular weight is 286 g/mol. The van der Waals surface area contributed by atoms with E-state index in [2.05, 4.69) is 10.3 Å². The number of rotatable bonds is 3. The van der Waals surface area contributed by atoms with Crippen LogP contribution in [0.5, 0.6) is 0 Å². The van der Waals surface area contributed by atoms with Gasteiger partial charge in [-0.15, -0.1) is 0 Å². The second kappa shape index (κ2) is 6.12. The molecule has 112 valence electrons. The second-order valence-corrected chi connectivity index (χ2v) is 5.60. The van der Waals surface area contributed by atoms with Crippen LogP contribution in [-0.2, 0) is 0 Å². The van der Waals surface area contributed by atoms with Gasteiger partial charge in [0.2, 0.25) is 0 Å². The fourth-order valence-electron chi connectivity index (χ4n) is 3.26. The smallest absolute Gasteiger partial charge is 0.313 e. The maximum absolute atomic E-state index is 13.2. The van der Waals surface area contributed by atoms with E-state index in [0.717, 1.165) is 17.7 Å². The predicted molar refractivity (Wildman–Crippen MR) is 72.3 cm³/mol. The van der Waals surface area contributed by atoms with Gasteiger partial charge in [0.1, 0.15) is 0 Å². The van der Waals surface area contributed by atoms with Gasteiger partial charge in [-0.3, -0.25) is 4.98 Å². The van der Waals surface area contributed by atoms with Crippen LogP contribution in [0.4, 0.5) is 13.2 Å². The van der Waals surface area contributed by atoms with Crippen molar-refractivity contribution in [2.24, 2.45) is 11.8 Å². The Labute approximate surface area is 117 Å². The maximum atomic E-state index is 13.2. The van der Waals surface area contributed by atoms with E-state index in [4.69, 9.17) is 0 Å². The van der Waals surface area contributed by atoms with Gasteiger partial charge in [0.15, 0.2) is 0 Å². The van der Waals surface area contributed by atoms with E-state index in [1.54, 1.807) is 13.2 Å². The average Bonchev–Trinajstić information content (AvgIpc) is 2.41. The molecule has 1 N–H and O–H groups in total. The first-order chi connectivity index (χ1) is 9.43. The highest BCUT2D eigenvalue weighted by Gasteiger charge is 2.47. The molecule has 2 nitrogen and oxygen atoms in total. The molecule has 1 aliphatic rings. The van der Waals surface area contributed by atoms with Crippen LogP contribution in [0.15, 0.2) is 18.3 Å². The van der Waals surface area contributed by atoms with Crippen LogP contribution in [-0.4, -0.2) is 18.2 Å². The Kier molecular flexibility index (Phi) is 4.68. The van der Waals surface area contributed by atoms with Gasteiger partial charge in [-0.2, -0.15) is 13.2 Å². The third-order valence-corrected chi connectivity index (χ3v) is 4.27. The lowest BCUT2D eigenvalue weighted by Gasteiger charge is -2.38. The third-order valence-electron chi connectivity index (χ3n) is 4.27. The van der Waals surface area contributed by atoms with Crippen molar-refractivity contribution < 1.29 is 13.2 Å². The van der Waals surface area contributed by atoms with E-state index >= 15 is 0 Å². The summed E-state index contributed by atoms with van der Waals surface area (Å²) in [6, 6.07) is 3.45. The number of pyridine rings is 1. The van der Waals surface area contributed by atoms with Crippen LogP contribution < -0.4 is 5.32 Å². The summed E-state index contributed by atoms with van der Waals surface area (Å²) in [7, 11) is 1.73. The van der Waals surface area contributed by atoms with Crippen LogP contribution in [0.3, 0.4) is 0 Å². The zero-order valence-electron chi connectivity index (χ0n) is 11.9. The predicted octanol–water partition coefficient (Wildman–Crippen LogP) is 4.02. The summed E-state index contributed by atoms with van der Waals surface area (Å²) < 4.78 is 39.7. The Bertz CT molecular complexity index is 428. The minimum atomic E-state index is -4.11. The van der Waals surface area contributed by atoms with Gasteiger partial charge >= 0.3 is 6.18 Å². The Balaban J connectivity index is 2.26. The first-order valence-corrected chi connectivity index (χ1v) is 7.10. The molecule has 1 aromatic rings. The first-order valence-electron chi connectivity index (χ1n) is 7.10. The van der Waals surface area contributed by atoms with Gasteiger partial charge in [0.25, 0.3) is 0 Å². The summed E-state index contributed by atoms with van der Waals surface area (Å²) in [5.41, 5.74) is 1.72. The first kappa shape index (κ1) is 15.3. The highest BCUT2D eigenvalue weighted by molar-refractivity contribution is 5.18. The summed E-state index contributed by atoms with van der Waals surface area (Å²) >= 11 is 0. The Morgan fingerprint density at radius 2 is 1.95 bits per heavy atom. The molecule has 1 fully saturated rings. The second-order valence-electron chi connectivity index (χ2n) is 5.60. The van der Waals surface area contributed by atoms with E-state index in [9.17, 15) is 13.2 Å². The monoisotopic (exact) mass is 286 g/mol. The standard InChI is InChI=1S/C15H21F3N2/c1-10-7-8-11(9-20-10)14(19-2)12-5-3-4-6-13(12)15(16,17)18/h7-9,12-14,19H,3-6H2,1-2H3. The highest BCUT2D eigenvalue weighted by atomic mass is 19.4. The molecule has 5 heteroatoms. The lowest BCUT2D eigenvalue weighted by molar-refractivity contribution is -0.199. The summed E-state index contributed by atoms with van der Waals surface area (Å²) in [5.74, 6) is -1.62. The van der Waals surface area contributed by atoms with E-state index in [-0.39, 0.29) is 12.5 Å². The molecular formula is C15H21F3N2. The molecule has 0 aromatic carbocycles. The lowest BCUT2D eigenvalue weighted by atomic mass is 9.73. The van der Waals surface area contributed by atoms with Crippen molar-refractivity contribution in [3.8, 4) is 0 Å². The molecule has 20 heavy (non-hydrogen) atoms. The molecule has 1 saturated carbocycles. The number of aromatic nitrogens is 1. The summed E-state index contributed by atoms with van der Waals surface area (Å²) in [5, 5.41) is 3.07. The molecule has 0 radical (unpaired) electrons. The highest BCUT2D eigenvalue weighted by Crippen LogP contribution is 2.46. The molecule has 0 saturated heterocycles. The van der Waals surface area contributed by atoms with Crippen molar-refractivity contribution in [3.05, 3.63) is 29.6 Å². The molecule has 0 bridgehead atoms. The van der Waals surface area contributed by atoms with Crippen molar-refractivity contribution in [1.82, 2.24) is 10.3 Å². The molecule has 1 aliphatic carbocycles. The maximum Gasteiger partial charge on any atom is 0.392 e. The minimum absolute atomic E-state index is 0.242. The van der Waals surface area contributed by atoms with Gasteiger partial charge in [-0.1, -0.05) is 18.9 Å². The van der Waals surface area contributed by atoms with Gasteiger partial charge in [0, 0.05) is 17.9 Å². The number of hydrogen-bond donors (Lipinski definition) is 1. The molecule has 1 heterocycles. The van der Waals surface area contributed by atoms with Crippen molar-refractivity contribution in [1.29, 1.82) is 0 Å². The van der Waals surface area contributed by atoms with Crippen molar-refractivity contribution in [2.45, 2.75) is 44.8 Å². The quantitative estimate of drug-likeness (QED) is 0.907. The Morgan fingerprint density at radius 3 is 2.50 bits per heavy atom. The number of nitrogens with one attached hydrogen (secondary N) is 1. The number of alkyl halides is 3. The molecule has 3 atom stereocenters. The molecule has 0 spiro atoms. The molecule has 3 unspecified atom stereocenters. The zero-order chi connectivity index (χ0) is 14.8. The Morgan fingerprint density at radius 1 is 1.25 bits per heavy atom. The number of halogens is 3. The van der Waals surface area contributed by atoms with Crippen LogP contribution in [0.25, 0.3) is 0 Å². The minimum Gasteiger partial charge on any atom is -0.313 e. The molecular weight excluding hydrogens is 265 g/mol.